The number of rotatable bonds is 6. The van der Waals surface area contributed by atoms with Gasteiger partial charge in [0.15, 0.2) is 0 Å². The van der Waals surface area contributed by atoms with Crippen molar-refractivity contribution in [3.8, 4) is 0 Å². The molecule has 1 saturated heterocycles. The molecule has 1 heterocycles. The fourth-order valence-electron chi connectivity index (χ4n) is 3.99. The van der Waals surface area contributed by atoms with Crippen molar-refractivity contribution in [2.24, 2.45) is 0 Å². The number of hydrogen-bond donors (Lipinski definition) is 2. The van der Waals surface area contributed by atoms with E-state index in [2.05, 4.69) is 34.7 Å². The van der Waals surface area contributed by atoms with E-state index in [1.807, 2.05) is 42.5 Å². The smallest absolute Gasteiger partial charge is 0.251 e. The van der Waals surface area contributed by atoms with E-state index in [9.17, 15) is 4.79 Å². The van der Waals surface area contributed by atoms with Crippen LogP contribution in [0.1, 0.15) is 46.7 Å². The number of nitrogens with one attached hydrogen (secondary N) is 2. The van der Waals surface area contributed by atoms with E-state index >= 15 is 0 Å². The van der Waals surface area contributed by atoms with Crippen LogP contribution >= 0.6 is 0 Å². The van der Waals surface area contributed by atoms with Gasteiger partial charge >= 0.3 is 0 Å². The number of benzene rings is 2. The second kappa shape index (κ2) is 8.24. The largest absolute Gasteiger partial charge is 0.348 e. The Bertz CT molecular complexity index is 751. The molecule has 1 aliphatic heterocycles. The number of piperidine rings is 1. The van der Waals surface area contributed by atoms with Crippen molar-refractivity contribution in [2.75, 3.05) is 20.1 Å². The molecule has 2 fully saturated rings. The van der Waals surface area contributed by atoms with Gasteiger partial charge in [0.1, 0.15) is 0 Å². The third kappa shape index (κ3) is 4.76. The Balaban J connectivity index is 1.26. The van der Waals surface area contributed by atoms with Crippen LogP contribution in [0.4, 0.5) is 0 Å². The highest BCUT2D eigenvalue weighted by Gasteiger charge is 2.39. The summed E-state index contributed by atoms with van der Waals surface area (Å²) >= 11 is 0. The molecule has 1 saturated carbocycles. The highest BCUT2D eigenvalue weighted by atomic mass is 16.1. The fraction of sp³-hybridized carbons (Fsp3) is 0.435. The molecular formula is C23H29N3O. The Hall–Kier alpha value is -2.17. The molecule has 0 unspecified atom stereocenters. The van der Waals surface area contributed by atoms with Crippen molar-refractivity contribution in [1.29, 1.82) is 0 Å². The van der Waals surface area contributed by atoms with Crippen LogP contribution in [0.3, 0.4) is 0 Å². The highest BCUT2D eigenvalue weighted by molar-refractivity contribution is 5.94. The Morgan fingerprint density at radius 3 is 2.44 bits per heavy atom. The van der Waals surface area contributed by atoms with E-state index in [-0.39, 0.29) is 5.91 Å². The van der Waals surface area contributed by atoms with Crippen molar-refractivity contribution < 1.29 is 4.79 Å². The van der Waals surface area contributed by atoms with E-state index in [4.69, 9.17) is 0 Å². The minimum absolute atomic E-state index is 0.0119. The van der Waals surface area contributed by atoms with Gasteiger partial charge in [0.05, 0.1) is 0 Å². The van der Waals surface area contributed by atoms with Gasteiger partial charge in [0.2, 0.25) is 0 Å². The van der Waals surface area contributed by atoms with Gasteiger partial charge in [-0.1, -0.05) is 42.5 Å². The molecule has 1 aliphatic carbocycles. The lowest BCUT2D eigenvalue weighted by Gasteiger charge is -2.29. The monoisotopic (exact) mass is 363 g/mol. The van der Waals surface area contributed by atoms with Crippen molar-refractivity contribution in [3.05, 3.63) is 71.3 Å². The van der Waals surface area contributed by atoms with Crippen LogP contribution < -0.4 is 10.6 Å². The SMILES string of the molecule is CN1CCC(N[C@@H]2C[C@H]2c2ccc(C(=O)NCc3ccccc3)cc2)CC1. The molecule has 4 nitrogen and oxygen atoms in total. The lowest BCUT2D eigenvalue weighted by molar-refractivity contribution is 0.0951. The fourth-order valence-corrected chi connectivity index (χ4v) is 3.99. The van der Waals surface area contributed by atoms with E-state index in [0.29, 0.717) is 24.5 Å². The Kier molecular flexibility index (Phi) is 5.55. The highest BCUT2D eigenvalue weighted by Crippen LogP contribution is 2.41. The molecule has 2 aromatic carbocycles. The predicted molar refractivity (Wildman–Crippen MR) is 109 cm³/mol. The lowest BCUT2D eigenvalue weighted by Crippen LogP contribution is -2.42. The average molecular weight is 364 g/mol. The minimum Gasteiger partial charge on any atom is -0.348 e. The second-order valence-corrected chi connectivity index (χ2v) is 7.98. The predicted octanol–water partition coefficient (Wildman–Crippen LogP) is 3.16. The lowest BCUT2D eigenvalue weighted by atomic mass is 10.0. The Morgan fingerprint density at radius 1 is 1.04 bits per heavy atom. The maximum Gasteiger partial charge on any atom is 0.251 e. The zero-order chi connectivity index (χ0) is 18.6. The maximum absolute atomic E-state index is 12.3. The van der Waals surface area contributed by atoms with Crippen LogP contribution in [0.2, 0.25) is 0 Å². The molecule has 0 aromatic heterocycles. The molecule has 0 bridgehead atoms. The molecule has 0 radical (unpaired) electrons. The third-order valence-electron chi connectivity index (χ3n) is 5.86. The summed E-state index contributed by atoms with van der Waals surface area (Å²) in [5.41, 5.74) is 3.19. The van der Waals surface area contributed by atoms with Crippen molar-refractivity contribution in [3.63, 3.8) is 0 Å². The first-order valence-corrected chi connectivity index (χ1v) is 10.1. The molecular weight excluding hydrogens is 334 g/mol. The molecule has 27 heavy (non-hydrogen) atoms. The van der Waals surface area contributed by atoms with Crippen LogP contribution in [-0.2, 0) is 6.54 Å². The average Bonchev–Trinajstić information content (AvgIpc) is 3.48. The summed E-state index contributed by atoms with van der Waals surface area (Å²) in [6.07, 6.45) is 3.71. The van der Waals surface area contributed by atoms with E-state index in [1.54, 1.807) is 0 Å². The summed E-state index contributed by atoms with van der Waals surface area (Å²) in [4.78, 5) is 14.7. The van der Waals surface area contributed by atoms with Gasteiger partial charge in [0, 0.05) is 30.1 Å². The molecule has 2 atom stereocenters. The van der Waals surface area contributed by atoms with Crippen LogP contribution in [0.15, 0.2) is 54.6 Å². The molecule has 2 aliphatic rings. The zero-order valence-corrected chi connectivity index (χ0v) is 16.0. The summed E-state index contributed by atoms with van der Waals surface area (Å²) in [5.74, 6) is 0.591. The number of carbonyl (C=O) groups is 1. The van der Waals surface area contributed by atoms with E-state index in [0.717, 1.165) is 11.1 Å². The first kappa shape index (κ1) is 18.2. The topological polar surface area (TPSA) is 44.4 Å². The van der Waals surface area contributed by atoms with Gasteiger partial charge in [-0.05, 0) is 62.7 Å². The molecule has 1 amide bonds. The molecule has 2 N–H and O–H groups in total. The summed E-state index contributed by atoms with van der Waals surface area (Å²) < 4.78 is 0. The number of hydrogen-bond acceptors (Lipinski definition) is 3. The standard InChI is InChI=1S/C23H29N3O/c1-26-13-11-20(12-14-26)25-22-15-21(22)18-7-9-19(10-8-18)23(27)24-16-17-5-3-2-4-6-17/h2-10,20-22,25H,11-16H2,1H3,(H,24,27)/t21-,22+/m0/s1. The molecule has 0 spiro atoms. The molecule has 2 aromatic rings. The van der Waals surface area contributed by atoms with Gasteiger partial charge in [-0.25, -0.2) is 0 Å². The minimum atomic E-state index is -0.0119. The summed E-state index contributed by atoms with van der Waals surface area (Å²) in [7, 11) is 2.20. The molecule has 4 rings (SSSR count). The molecule has 142 valence electrons. The quantitative estimate of drug-likeness (QED) is 0.829. The Morgan fingerprint density at radius 2 is 1.74 bits per heavy atom. The van der Waals surface area contributed by atoms with Gasteiger partial charge in [-0.15, -0.1) is 0 Å². The van der Waals surface area contributed by atoms with Crippen molar-refractivity contribution in [1.82, 2.24) is 15.5 Å². The first-order chi connectivity index (χ1) is 13.2. The number of nitrogens with zero attached hydrogens (tertiary/aromatic N) is 1. The van der Waals surface area contributed by atoms with Gasteiger partial charge in [-0.3, -0.25) is 4.79 Å². The first-order valence-electron chi connectivity index (χ1n) is 10.1. The number of carbonyl (C=O) groups excluding carboxylic acids is 1. The van der Waals surface area contributed by atoms with Crippen molar-refractivity contribution in [2.45, 2.75) is 43.8 Å². The zero-order valence-electron chi connectivity index (χ0n) is 16.0. The number of amides is 1. The van der Waals surface area contributed by atoms with Crippen molar-refractivity contribution >= 4 is 5.91 Å². The maximum atomic E-state index is 12.3. The third-order valence-corrected chi connectivity index (χ3v) is 5.86. The van der Waals surface area contributed by atoms with E-state index in [1.165, 1.54) is 37.9 Å². The summed E-state index contributed by atoms with van der Waals surface area (Å²) in [6, 6.07) is 19.4. The summed E-state index contributed by atoms with van der Waals surface area (Å²) in [6.45, 7) is 2.95. The second-order valence-electron chi connectivity index (χ2n) is 7.98. The van der Waals surface area contributed by atoms with Gasteiger partial charge in [0.25, 0.3) is 5.91 Å². The van der Waals surface area contributed by atoms with Crippen LogP contribution in [0.25, 0.3) is 0 Å². The van der Waals surface area contributed by atoms with Crippen LogP contribution in [-0.4, -0.2) is 43.0 Å². The Labute approximate surface area is 162 Å². The van der Waals surface area contributed by atoms with E-state index < -0.39 is 0 Å². The summed E-state index contributed by atoms with van der Waals surface area (Å²) in [5, 5.41) is 6.82. The van der Waals surface area contributed by atoms with Gasteiger partial charge in [-0.2, -0.15) is 0 Å². The molecule has 4 heteroatoms. The normalized spacial score (nSPS) is 23.1. The van der Waals surface area contributed by atoms with Gasteiger partial charge < -0.3 is 15.5 Å². The van der Waals surface area contributed by atoms with Crippen LogP contribution in [0, 0.1) is 0 Å². The number of likely N-dealkylation sites (tertiary alicyclic amines) is 1. The van der Waals surface area contributed by atoms with Crippen LogP contribution in [0.5, 0.6) is 0 Å².